The van der Waals surface area contributed by atoms with Gasteiger partial charge in [0, 0.05) is 12.6 Å². The van der Waals surface area contributed by atoms with Crippen LogP contribution in [0, 0.1) is 0 Å². The minimum Gasteiger partial charge on any atom is -0.484 e. The number of nitrogens with one attached hydrogen (secondary N) is 2. The van der Waals surface area contributed by atoms with Crippen molar-refractivity contribution >= 4 is 18.3 Å². The fourth-order valence-electron chi connectivity index (χ4n) is 1.09. The molecule has 0 saturated heterocycles. The van der Waals surface area contributed by atoms with Crippen molar-refractivity contribution in [3.05, 3.63) is 30.3 Å². The maximum absolute atomic E-state index is 11.4. The summed E-state index contributed by atoms with van der Waals surface area (Å²) in [6.45, 7) is 2.66. The van der Waals surface area contributed by atoms with Gasteiger partial charge in [-0.3, -0.25) is 4.79 Å². The van der Waals surface area contributed by atoms with Crippen LogP contribution < -0.4 is 15.4 Å². The molecule has 0 radical (unpaired) electrons. The number of benzene rings is 1. The van der Waals surface area contributed by atoms with Crippen LogP contribution in [0.3, 0.4) is 0 Å². The molecule has 0 aliphatic rings. The molecule has 5 heteroatoms. The summed E-state index contributed by atoms with van der Waals surface area (Å²) in [5, 5.41) is 5.82. The topological polar surface area (TPSA) is 50.4 Å². The van der Waals surface area contributed by atoms with Gasteiger partial charge in [0.25, 0.3) is 5.91 Å². The van der Waals surface area contributed by atoms with Crippen molar-refractivity contribution < 1.29 is 9.53 Å². The molecule has 96 valence electrons. The number of carbonyl (C=O) groups excluding carboxylic acids is 1. The average Bonchev–Trinajstić information content (AvgIpc) is 2.34. The van der Waals surface area contributed by atoms with Gasteiger partial charge in [0.1, 0.15) is 5.75 Å². The maximum Gasteiger partial charge on any atom is 0.257 e. The number of ether oxygens (including phenoxy) is 1. The second-order valence-corrected chi connectivity index (χ2v) is 3.60. The van der Waals surface area contributed by atoms with E-state index in [1.54, 1.807) is 0 Å². The molecule has 0 aliphatic carbocycles. The number of likely N-dealkylation sites (N-methyl/N-ethyl adjacent to an activating group) is 1. The van der Waals surface area contributed by atoms with E-state index in [0.29, 0.717) is 12.3 Å². The first-order valence-electron chi connectivity index (χ1n) is 5.34. The Morgan fingerprint density at radius 2 is 2.00 bits per heavy atom. The fraction of sp³-hybridized carbons (Fsp3) is 0.417. The molecular weight excluding hydrogens is 240 g/mol. The summed E-state index contributed by atoms with van der Waals surface area (Å²) in [4.78, 5) is 11.4. The normalized spacial score (nSPS) is 11.2. The number of amides is 1. The monoisotopic (exact) mass is 258 g/mol. The van der Waals surface area contributed by atoms with E-state index in [4.69, 9.17) is 4.74 Å². The minimum absolute atomic E-state index is 0. The summed E-state index contributed by atoms with van der Waals surface area (Å²) in [5.74, 6) is 0.602. The lowest BCUT2D eigenvalue weighted by molar-refractivity contribution is -0.123. The van der Waals surface area contributed by atoms with E-state index in [1.165, 1.54) is 0 Å². The highest BCUT2D eigenvalue weighted by Gasteiger charge is 2.04. The zero-order valence-electron chi connectivity index (χ0n) is 10.1. The third-order valence-electron chi connectivity index (χ3n) is 2.21. The second kappa shape index (κ2) is 8.84. The number of carbonyl (C=O) groups is 1. The summed E-state index contributed by atoms with van der Waals surface area (Å²) in [7, 11) is 1.86. The highest BCUT2D eigenvalue weighted by molar-refractivity contribution is 5.85. The van der Waals surface area contributed by atoms with Gasteiger partial charge in [0.05, 0.1) is 0 Å². The van der Waals surface area contributed by atoms with Crippen molar-refractivity contribution in [2.45, 2.75) is 13.0 Å². The molecule has 2 N–H and O–H groups in total. The SMILES string of the molecule is CNC(C)CNC(=O)COc1ccccc1.Cl. The van der Waals surface area contributed by atoms with Crippen LogP contribution in [-0.4, -0.2) is 32.1 Å². The van der Waals surface area contributed by atoms with Crippen LogP contribution in [0.1, 0.15) is 6.92 Å². The van der Waals surface area contributed by atoms with Gasteiger partial charge >= 0.3 is 0 Å². The molecule has 0 saturated carbocycles. The molecule has 0 heterocycles. The Kier molecular flexibility index (Phi) is 8.19. The van der Waals surface area contributed by atoms with Crippen LogP contribution in [0.25, 0.3) is 0 Å². The predicted octanol–water partition coefficient (Wildman–Crippen LogP) is 1.21. The molecule has 0 aromatic heterocycles. The van der Waals surface area contributed by atoms with Gasteiger partial charge in [0.2, 0.25) is 0 Å². The molecule has 1 aromatic rings. The molecule has 0 aliphatic heterocycles. The van der Waals surface area contributed by atoms with E-state index in [-0.39, 0.29) is 31.0 Å². The third-order valence-corrected chi connectivity index (χ3v) is 2.21. The Labute approximate surface area is 108 Å². The van der Waals surface area contributed by atoms with Crippen LogP contribution in [0.2, 0.25) is 0 Å². The van der Waals surface area contributed by atoms with Gasteiger partial charge < -0.3 is 15.4 Å². The zero-order chi connectivity index (χ0) is 11.8. The number of halogens is 1. The second-order valence-electron chi connectivity index (χ2n) is 3.60. The number of rotatable bonds is 6. The average molecular weight is 259 g/mol. The van der Waals surface area contributed by atoms with Crippen LogP contribution in [0.5, 0.6) is 5.75 Å². The Bertz CT molecular complexity index is 320. The van der Waals surface area contributed by atoms with E-state index in [2.05, 4.69) is 10.6 Å². The first-order chi connectivity index (χ1) is 7.72. The van der Waals surface area contributed by atoms with Crippen molar-refractivity contribution in [3.63, 3.8) is 0 Å². The Balaban J connectivity index is 0.00000256. The van der Waals surface area contributed by atoms with Gasteiger partial charge in [0.15, 0.2) is 6.61 Å². The largest absolute Gasteiger partial charge is 0.484 e. The quantitative estimate of drug-likeness (QED) is 0.807. The molecule has 0 fully saturated rings. The molecule has 1 amide bonds. The van der Waals surface area contributed by atoms with Crippen LogP contribution in [-0.2, 0) is 4.79 Å². The Hall–Kier alpha value is -1.26. The summed E-state index contributed by atoms with van der Waals surface area (Å²) in [5.41, 5.74) is 0. The molecule has 0 bridgehead atoms. The molecule has 1 rings (SSSR count). The van der Waals surface area contributed by atoms with Crippen LogP contribution in [0.15, 0.2) is 30.3 Å². The lowest BCUT2D eigenvalue weighted by Crippen LogP contribution is -2.39. The van der Waals surface area contributed by atoms with Gasteiger partial charge in [-0.2, -0.15) is 0 Å². The predicted molar refractivity (Wildman–Crippen MR) is 70.7 cm³/mol. The first kappa shape index (κ1) is 15.7. The minimum atomic E-state index is -0.106. The van der Waals surface area contributed by atoms with Crippen molar-refractivity contribution in [2.75, 3.05) is 20.2 Å². The standard InChI is InChI=1S/C12H18N2O2.ClH/c1-10(13-2)8-14-12(15)9-16-11-6-4-3-5-7-11;/h3-7,10,13H,8-9H2,1-2H3,(H,14,15);1H. The fourth-order valence-corrected chi connectivity index (χ4v) is 1.09. The molecule has 1 atom stereocenters. The van der Waals surface area contributed by atoms with Crippen LogP contribution in [0.4, 0.5) is 0 Å². The molecule has 1 unspecified atom stereocenters. The Morgan fingerprint density at radius 1 is 1.35 bits per heavy atom. The highest BCUT2D eigenvalue weighted by Crippen LogP contribution is 2.07. The van der Waals surface area contributed by atoms with Crippen molar-refractivity contribution in [1.82, 2.24) is 10.6 Å². The van der Waals surface area contributed by atoms with E-state index in [1.807, 2.05) is 44.3 Å². The van der Waals surface area contributed by atoms with Gasteiger partial charge in [-0.1, -0.05) is 18.2 Å². The summed E-state index contributed by atoms with van der Waals surface area (Å²) >= 11 is 0. The van der Waals surface area contributed by atoms with Crippen molar-refractivity contribution in [3.8, 4) is 5.75 Å². The summed E-state index contributed by atoms with van der Waals surface area (Å²) in [6, 6.07) is 9.56. The van der Waals surface area contributed by atoms with Gasteiger partial charge in [-0.05, 0) is 26.1 Å². The molecule has 4 nitrogen and oxygen atoms in total. The molecule has 0 spiro atoms. The van der Waals surface area contributed by atoms with E-state index in [9.17, 15) is 4.79 Å². The van der Waals surface area contributed by atoms with Crippen molar-refractivity contribution in [2.24, 2.45) is 0 Å². The highest BCUT2D eigenvalue weighted by atomic mass is 35.5. The van der Waals surface area contributed by atoms with E-state index < -0.39 is 0 Å². The lowest BCUT2D eigenvalue weighted by Gasteiger charge is -2.11. The zero-order valence-corrected chi connectivity index (χ0v) is 10.9. The third kappa shape index (κ3) is 6.81. The van der Waals surface area contributed by atoms with E-state index >= 15 is 0 Å². The molecule has 17 heavy (non-hydrogen) atoms. The van der Waals surface area contributed by atoms with Gasteiger partial charge in [-0.15, -0.1) is 12.4 Å². The summed E-state index contributed by atoms with van der Waals surface area (Å²) in [6.07, 6.45) is 0. The maximum atomic E-state index is 11.4. The number of hydrogen-bond acceptors (Lipinski definition) is 3. The molecular formula is C12H19ClN2O2. The molecule has 1 aromatic carbocycles. The van der Waals surface area contributed by atoms with E-state index in [0.717, 1.165) is 0 Å². The number of hydrogen-bond donors (Lipinski definition) is 2. The summed E-state index contributed by atoms with van der Waals surface area (Å²) < 4.78 is 5.30. The van der Waals surface area contributed by atoms with Crippen molar-refractivity contribution in [1.29, 1.82) is 0 Å². The smallest absolute Gasteiger partial charge is 0.257 e. The first-order valence-corrected chi connectivity index (χ1v) is 5.34. The lowest BCUT2D eigenvalue weighted by atomic mass is 10.3. The Morgan fingerprint density at radius 3 is 2.59 bits per heavy atom. The van der Waals surface area contributed by atoms with Gasteiger partial charge in [-0.25, -0.2) is 0 Å². The number of para-hydroxylation sites is 1. The van der Waals surface area contributed by atoms with Crippen LogP contribution >= 0.6 is 12.4 Å².